The molecule has 0 heterocycles. The number of hydrogen-bond acceptors (Lipinski definition) is 5. The van der Waals surface area contributed by atoms with Crippen molar-refractivity contribution in [1.82, 2.24) is 0 Å². The lowest BCUT2D eigenvalue weighted by Gasteiger charge is -2.10. The molecule has 6 nitrogen and oxygen atoms in total. The summed E-state index contributed by atoms with van der Waals surface area (Å²) in [6.45, 7) is 2.37. The molecule has 0 aromatic heterocycles. The van der Waals surface area contributed by atoms with Gasteiger partial charge in [-0.05, 0) is 55.0 Å². The van der Waals surface area contributed by atoms with Gasteiger partial charge in [0.05, 0.1) is 13.7 Å². The summed E-state index contributed by atoms with van der Waals surface area (Å²) < 4.78 is 10.7. The molecule has 0 fully saturated rings. The number of rotatable bonds is 6. The van der Waals surface area contributed by atoms with Crippen LogP contribution in [0.25, 0.3) is 6.08 Å². The van der Waals surface area contributed by atoms with Gasteiger partial charge in [-0.3, -0.25) is 4.79 Å². The molecule has 0 bridgehead atoms. The first-order valence-electron chi connectivity index (χ1n) is 7.60. The fraction of sp³-hybridized carbons (Fsp3) is 0.158. The van der Waals surface area contributed by atoms with Gasteiger partial charge in [0.15, 0.2) is 11.5 Å². The molecule has 0 saturated carbocycles. The molecule has 1 amide bonds. The standard InChI is InChI=1S/C19H18N2O4/c1-3-25-17-9-4-13(11-18(17)24-2)10-14(12-20)19(23)21-15-5-7-16(22)8-6-15/h4-11,22H,3H2,1-2H3,(H,21,23)/b14-10-. The number of carbonyl (C=O) groups is 1. The van der Waals surface area contributed by atoms with Gasteiger partial charge < -0.3 is 19.9 Å². The number of carbonyl (C=O) groups excluding carboxylic acids is 1. The van der Waals surface area contributed by atoms with E-state index in [1.807, 2.05) is 13.0 Å². The number of anilines is 1. The van der Waals surface area contributed by atoms with Gasteiger partial charge in [0.2, 0.25) is 0 Å². The molecule has 0 atom stereocenters. The second-order valence-corrected chi connectivity index (χ2v) is 5.01. The minimum absolute atomic E-state index is 0.0562. The van der Waals surface area contributed by atoms with Crippen molar-refractivity contribution < 1.29 is 19.4 Å². The van der Waals surface area contributed by atoms with Gasteiger partial charge in [-0.25, -0.2) is 0 Å². The van der Waals surface area contributed by atoms with Crippen molar-refractivity contribution in [2.45, 2.75) is 6.92 Å². The minimum atomic E-state index is -0.541. The fourth-order valence-corrected chi connectivity index (χ4v) is 2.11. The molecule has 6 heteroatoms. The van der Waals surface area contributed by atoms with Crippen LogP contribution in [0.15, 0.2) is 48.0 Å². The van der Waals surface area contributed by atoms with Crippen LogP contribution in [0.4, 0.5) is 5.69 Å². The van der Waals surface area contributed by atoms with E-state index < -0.39 is 5.91 Å². The molecule has 0 aliphatic rings. The minimum Gasteiger partial charge on any atom is -0.508 e. The Labute approximate surface area is 145 Å². The molecule has 25 heavy (non-hydrogen) atoms. The van der Waals surface area contributed by atoms with E-state index in [-0.39, 0.29) is 11.3 Å². The van der Waals surface area contributed by atoms with Crippen LogP contribution >= 0.6 is 0 Å². The topological polar surface area (TPSA) is 91.6 Å². The molecule has 0 aliphatic carbocycles. The number of ether oxygens (including phenoxy) is 2. The number of nitriles is 1. The van der Waals surface area contributed by atoms with Gasteiger partial charge in [-0.1, -0.05) is 6.07 Å². The van der Waals surface area contributed by atoms with Gasteiger partial charge in [0, 0.05) is 5.69 Å². The van der Waals surface area contributed by atoms with E-state index in [1.165, 1.54) is 25.3 Å². The predicted molar refractivity (Wildman–Crippen MR) is 94.5 cm³/mol. The molecule has 2 rings (SSSR count). The highest BCUT2D eigenvalue weighted by Gasteiger charge is 2.11. The highest BCUT2D eigenvalue weighted by atomic mass is 16.5. The quantitative estimate of drug-likeness (QED) is 0.479. The summed E-state index contributed by atoms with van der Waals surface area (Å²) in [5, 5.41) is 21.1. The van der Waals surface area contributed by atoms with Gasteiger partial charge in [-0.2, -0.15) is 5.26 Å². The van der Waals surface area contributed by atoms with Crippen molar-refractivity contribution in [3.8, 4) is 23.3 Å². The van der Waals surface area contributed by atoms with Gasteiger partial charge >= 0.3 is 0 Å². The average Bonchev–Trinajstić information content (AvgIpc) is 2.62. The maximum atomic E-state index is 12.2. The Bertz CT molecular complexity index is 820. The van der Waals surface area contributed by atoms with Gasteiger partial charge in [0.25, 0.3) is 5.91 Å². The summed E-state index contributed by atoms with van der Waals surface area (Å²) in [6.07, 6.45) is 1.47. The van der Waals surface area contributed by atoms with Crippen LogP contribution in [0.2, 0.25) is 0 Å². The van der Waals surface area contributed by atoms with E-state index in [9.17, 15) is 15.2 Å². The van der Waals surface area contributed by atoms with Crippen LogP contribution in [0, 0.1) is 11.3 Å². The Hall–Kier alpha value is -3.46. The largest absolute Gasteiger partial charge is 0.508 e. The zero-order chi connectivity index (χ0) is 18.2. The predicted octanol–water partition coefficient (Wildman–Crippen LogP) is 3.35. The zero-order valence-corrected chi connectivity index (χ0v) is 13.9. The van der Waals surface area contributed by atoms with E-state index in [4.69, 9.17) is 9.47 Å². The first-order chi connectivity index (χ1) is 12.1. The van der Waals surface area contributed by atoms with Crippen molar-refractivity contribution >= 4 is 17.7 Å². The Morgan fingerprint density at radius 1 is 1.24 bits per heavy atom. The summed E-state index contributed by atoms with van der Waals surface area (Å²) in [7, 11) is 1.52. The highest BCUT2D eigenvalue weighted by molar-refractivity contribution is 6.09. The second kappa shape index (κ2) is 8.41. The van der Waals surface area contributed by atoms with E-state index in [0.717, 1.165) is 0 Å². The number of nitrogens with one attached hydrogen (secondary N) is 1. The molecule has 2 aromatic rings. The number of methoxy groups -OCH3 is 1. The lowest BCUT2D eigenvalue weighted by atomic mass is 10.1. The smallest absolute Gasteiger partial charge is 0.266 e. The maximum Gasteiger partial charge on any atom is 0.266 e. The summed E-state index contributed by atoms with van der Waals surface area (Å²) in [5.41, 5.74) is 1.06. The van der Waals surface area contributed by atoms with Crippen molar-refractivity contribution in [2.24, 2.45) is 0 Å². The molecule has 0 spiro atoms. The molecular weight excluding hydrogens is 320 g/mol. The number of nitrogens with zero attached hydrogens (tertiary/aromatic N) is 1. The van der Waals surface area contributed by atoms with Crippen molar-refractivity contribution in [3.05, 3.63) is 53.6 Å². The molecule has 2 N–H and O–H groups in total. The van der Waals surface area contributed by atoms with E-state index in [0.29, 0.717) is 29.4 Å². The number of aromatic hydroxyl groups is 1. The van der Waals surface area contributed by atoms with Crippen molar-refractivity contribution in [2.75, 3.05) is 19.0 Å². The highest BCUT2D eigenvalue weighted by Crippen LogP contribution is 2.29. The first kappa shape index (κ1) is 17.9. The van der Waals surface area contributed by atoms with E-state index >= 15 is 0 Å². The summed E-state index contributed by atoms with van der Waals surface area (Å²) >= 11 is 0. The van der Waals surface area contributed by atoms with Crippen LogP contribution in [0.5, 0.6) is 17.2 Å². The third kappa shape index (κ3) is 4.75. The van der Waals surface area contributed by atoms with Crippen LogP contribution in [-0.4, -0.2) is 24.7 Å². The zero-order valence-electron chi connectivity index (χ0n) is 13.9. The van der Waals surface area contributed by atoms with Crippen molar-refractivity contribution in [1.29, 1.82) is 5.26 Å². The molecule has 2 aromatic carbocycles. The average molecular weight is 338 g/mol. The number of benzene rings is 2. The van der Waals surface area contributed by atoms with Crippen LogP contribution in [0.3, 0.4) is 0 Å². The number of hydrogen-bond donors (Lipinski definition) is 2. The van der Waals surface area contributed by atoms with Crippen LogP contribution in [0.1, 0.15) is 12.5 Å². The number of phenolic OH excluding ortho intramolecular Hbond substituents is 1. The lowest BCUT2D eigenvalue weighted by molar-refractivity contribution is -0.112. The monoisotopic (exact) mass is 338 g/mol. The van der Waals surface area contributed by atoms with E-state index in [2.05, 4.69) is 5.32 Å². The SMILES string of the molecule is CCOc1ccc(/C=C(/C#N)C(=O)Nc2ccc(O)cc2)cc1OC. The van der Waals surface area contributed by atoms with Gasteiger partial charge in [0.1, 0.15) is 17.4 Å². The maximum absolute atomic E-state index is 12.2. The second-order valence-electron chi connectivity index (χ2n) is 5.01. The number of amides is 1. The fourth-order valence-electron chi connectivity index (χ4n) is 2.11. The van der Waals surface area contributed by atoms with Crippen molar-refractivity contribution in [3.63, 3.8) is 0 Å². The first-order valence-corrected chi connectivity index (χ1v) is 7.60. The van der Waals surface area contributed by atoms with Gasteiger partial charge in [-0.15, -0.1) is 0 Å². The van der Waals surface area contributed by atoms with Crippen LogP contribution in [-0.2, 0) is 4.79 Å². The Morgan fingerprint density at radius 2 is 1.96 bits per heavy atom. The third-order valence-electron chi connectivity index (χ3n) is 3.29. The lowest BCUT2D eigenvalue weighted by Crippen LogP contribution is -2.13. The van der Waals surface area contributed by atoms with E-state index in [1.54, 1.807) is 30.3 Å². The Balaban J connectivity index is 2.22. The molecule has 0 aliphatic heterocycles. The summed E-state index contributed by atoms with van der Waals surface area (Å²) in [4.78, 5) is 12.2. The molecule has 0 radical (unpaired) electrons. The third-order valence-corrected chi connectivity index (χ3v) is 3.29. The molecule has 0 saturated heterocycles. The number of phenols is 1. The molecule has 128 valence electrons. The van der Waals surface area contributed by atoms with Crippen LogP contribution < -0.4 is 14.8 Å². The summed E-state index contributed by atoms with van der Waals surface area (Å²) in [6, 6.07) is 13.0. The Morgan fingerprint density at radius 3 is 2.56 bits per heavy atom. The Kier molecular flexibility index (Phi) is 6.02. The summed E-state index contributed by atoms with van der Waals surface area (Å²) in [5.74, 6) is 0.664. The normalized spacial score (nSPS) is 10.7. The molecular formula is C19H18N2O4. The molecule has 0 unspecified atom stereocenters.